The number of benzene rings is 1. The SMILES string of the molecule is CCN(CC)C(=O)CCCC(=O)NC(C(=O)O)c1cc(C)cc(C)c1. The van der Waals surface area contributed by atoms with Crippen LogP contribution in [0.15, 0.2) is 18.2 Å². The maximum absolute atomic E-state index is 12.1. The van der Waals surface area contributed by atoms with Crippen LogP contribution in [-0.4, -0.2) is 40.9 Å². The summed E-state index contributed by atoms with van der Waals surface area (Å²) in [4.78, 5) is 37.3. The van der Waals surface area contributed by atoms with Crippen LogP contribution in [0.1, 0.15) is 55.8 Å². The third-order valence-electron chi connectivity index (χ3n) is 4.04. The van der Waals surface area contributed by atoms with Crippen LogP contribution in [0.4, 0.5) is 0 Å². The number of aliphatic carboxylic acids is 1. The zero-order chi connectivity index (χ0) is 19.0. The quantitative estimate of drug-likeness (QED) is 0.718. The van der Waals surface area contributed by atoms with Crippen molar-refractivity contribution in [2.45, 2.75) is 53.0 Å². The molecule has 0 spiro atoms. The molecular weight excluding hydrogens is 320 g/mol. The molecule has 0 radical (unpaired) electrons. The number of amides is 2. The number of nitrogens with zero attached hydrogens (tertiary/aromatic N) is 1. The van der Waals surface area contributed by atoms with Gasteiger partial charge in [-0.15, -0.1) is 0 Å². The third-order valence-corrected chi connectivity index (χ3v) is 4.04. The Labute approximate surface area is 149 Å². The first-order valence-electron chi connectivity index (χ1n) is 8.66. The zero-order valence-corrected chi connectivity index (χ0v) is 15.5. The molecule has 25 heavy (non-hydrogen) atoms. The van der Waals surface area contributed by atoms with Crippen LogP contribution >= 0.6 is 0 Å². The molecule has 0 heterocycles. The largest absolute Gasteiger partial charge is 0.479 e. The molecule has 1 aromatic rings. The molecule has 0 saturated heterocycles. The predicted octanol–water partition coefficient (Wildman–Crippen LogP) is 2.58. The van der Waals surface area contributed by atoms with Gasteiger partial charge in [0.15, 0.2) is 6.04 Å². The van der Waals surface area contributed by atoms with Crippen molar-refractivity contribution in [3.05, 3.63) is 34.9 Å². The van der Waals surface area contributed by atoms with E-state index in [0.717, 1.165) is 11.1 Å². The van der Waals surface area contributed by atoms with Gasteiger partial charge in [0.1, 0.15) is 0 Å². The minimum Gasteiger partial charge on any atom is -0.479 e. The van der Waals surface area contributed by atoms with Gasteiger partial charge in [-0.3, -0.25) is 9.59 Å². The summed E-state index contributed by atoms with van der Waals surface area (Å²) >= 11 is 0. The number of hydrogen-bond acceptors (Lipinski definition) is 3. The van der Waals surface area contributed by atoms with Crippen LogP contribution in [0.2, 0.25) is 0 Å². The molecule has 138 valence electrons. The van der Waals surface area contributed by atoms with Gasteiger partial charge in [-0.2, -0.15) is 0 Å². The van der Waals surface area contributed by atoms with Crippen molar-refractivity contribution in [2.24, 2.45) is 0 Å². The van der Waals surface area contributed by atoms with Crippen LogP contribution < -0.4 is 5.32 Å². The molecule has 0 aliphatic heterocycles. The maximum atomic E-state index is 12.1. The Balaban J connectivity index is 2.63. The van der Waals surface area contributed by atoms with Crippen molar-refractivity contribution in [2.75, 3.05) is 13.1 Å². The average molecular weight is 348 g/mol. The molecule has 6 nitrogen and oxygen atoms in total. The van der Waals surface area contributed by atoms with Crippen LogP contribution in [0.25, 0.3) is 0 Å². The first-order chi connectivity index (χ1) is 11.8. The molecule has 6 heteroatoms. The molecular formula is C19H28N2O4. The highest BCUT2D eigenvalue weighted by atomic mass is 16.4. The van der Waals surface area contributed by atoms with Gasteiger partial charge in [-0.05, 0) is 39.7 Å². The van der Waals surface area contributed by atoms with Gasteiger partial charge in [-0.1, -0.05) is 29.3 Å². The van der Waals surface area contributed by atoms with E-state index < -0.39 is 12.0 Å². The molecule has 1 atom stereocenters. The number of rotatable bonds is 9. The van der Waals surface area contributed by atoms with Crippen molar-refractivity contribution >= 4 is 17.8 Å². The second kappa shape index (κ2) is 9.81. The van der Waals surface area contributed by atoms with E-state index in [1.807, 2.05) is 33.8 Å². The van der Waals surface area contributed by atoms with E-state index in [2.05, 4.69) is 5.32 Å². The van der Waals surface area contributed by atoms with Gasteiger partial charge in [0.05, 0.1) is 0 Å². The average Bonchev–Trinajstić information content (AvgIpc) is 2.52. The smallest absolute Gasteiger partial charge is 0.330 e. The topological polar surface area (TPSA) is 86.7 Å². The number of carboxylic acids is 1. The van der Waals surface area contributed by atoms with Gasteiger partial charge in [0.25, 0.3) is 0 Å². The molecule has 2 N–H and O–H groups in total. The Morgan fingerprint density at radius 2 is 1.60 bits per heavy atom. The molecule has 0 aromatic heterocycles. The second-order valence-corrected chi connectivity index (χ2v) is 6.18. The van der Waals surface area contributed by atoms with Crippen molar-refractivity contribution in [3.8, 4) is 0 Å². The molecule has 0 fully saturated rings. The molecule has 1 aromatic carbocycles. The van der Waals surface area contributed by atoms with Gasteiger partial charge in [0, 0.05) is 25.9 Å². The molecule has 2 amide bonds. The number of hydrogen-bond donors (Lipinski definition) is 2. The first kappa shape index (κ1) is 20.7. The lowest BCUT2D eigenvalue weighted by Gasteiger charge is -2.19. The molecule has 1 rings (SSSR count). The summed E-state index contributed by atoms with van der Waals surface area (Å²) in [5, 5.41) is 12.0. The third kappa shape index (κ3) is 6.57. The van der Waals surface area contributed by atoms with E-state index in [0.29, 0.717) is 25.1 Å². The summed E-state index contributed by atoms with van der Waals surface area (Å²) in [6, 6.07) is 4.39. The fraction of sp³-hybridized carbons (Fsp3) is 0.526. The van der Waals surface area contributed by atoms with Crippen LogP contribution in [0, 0.1) is 13.8 Å². The minimum atomic E-state index is -1.10. The van der Waals surface area contributed by atoms with Gasteiger partial charge >= 0.3 is 5.97 Å². The number of carbonyl (C=O) groups excluding carboxylic acids is 2. The molecule has 0 aliphatic rings. The van der Waals surface area contributed by atoms with E-state index in [1.165, 1.54) is 0 Å². The molecule has 0 aliphatic carbocycles. The Morgan fingerprint density at radius 3 is 2.08 bits per heavy atom. The Kier molecular flexibility index (Phi) is 8.11. The second-order valence-electron chi connectivity index (χ2n) is 6.18. The Hall–Kier alpha value is -2.37. The van der Waals surface area contributed by atoms with E-state index in [-0.39, 0.29) is 24.7 Å². The zero-order valence-electron chi connectivity index (χ0n) is 15.5. The fourth-order valence-electron chi connectivity index (χ4n) is 2.83. The summed E-state index contributed by atoms with van der Waals surface area (Å²) in [6.07, 6.45) is 0.818. The highest BCUT2D eigenvalue weighted by Crippen LogP contribution is 2.18. The number of aryl methyl sites for hydroxylation is 2. The monoisotopic (exact) mass is 348 g/mol. The lowest BCUT2D eigenvalue weighted by Crippen LogP contribution is -2.34. The Bertz CT molecular complexity index is 604. The predicted molar refractivity (Wildman–Crippen MR) is 96.2 cm³/mol. The molecule has 1 unspecified atom stereocenters. The Morgan fingerprint density at radius 1 is 1.04 bits per heavy atom. The summed E-state index contributed by atoms with van der Waals surface area (Å²) in [5.74, 6) is -1.45. The molecule has 0 saturated carbocycles. The standard InChI is InChI=1S/C19H28N2O4/c1-5-21(6-2)17(23)9-7-8-16(22)20-18(19(24)25)15-11-13(3)10-14(4)12-15/h10-12,18H,5-9H2,1-4H3,(H,20,22)(H,24,25). The lowest BCUT2D eigenvalue weighted by molar-refractivity contribution is -0.142. The van der Waals surface area contributed by atoms with E-state index in [9.17, 15) is 19.5 Å². The van der Waals surface area contributed by atoms with Gasteiger partial charge in [0.2, 0.25) is 11.8 Å². The first-order valence-corrected chi connectivity index (χ1v) is 8.66. The van der Waals surface area contributed by atoms with Crippen LogP contribution in [0.5, 0.6) is 0 Å². The van der Waals surface area contributed by atoms with Crippen molar-refractivity contribution < 1.29 is 19.5 Å². The summed E-state index contributed by atoms with van der Waals surface area (Å²) in [6.45, 7) is 8.89. The van der Waals surface area contributed by atoms with Gasteiger partial charge < -0.3 is 15.3 Å². The maximum Gasteiger partial charge on any atom is 0.330 e. The van der Waals surface area contributed by atoms with E-state index >= 15 is 0 Å². The lowest BCUT2D eigenvalue weighted by atomic mass is 10.0. The van der Waals surface area contributed by atoms with Crippen molar-refractivity contribution in [1.82, 2.24) is 10.2 Å². The normalized spacial score (nSPS) is 11.7. The fourth-order valence-corrected chi connectivity index (χ4v) is 2.83. The number of carbonyl (C=O) groups is 3. The molecule has 0 bridgehead atoms. The van der Waals surface area contributed by atoms with Crippen molar-refractivity contribution in [1.29, 1.82) is 0 Å². The van der Waals surface area contributed by atoms with Crippen LogP contribution in [-0.2, 0) is 14.4 Å². The summed E-state index contributed by atoms with van der Waals surface area (Å²) in [7, 11) is 0. The van der Waals surface area contributed by atoms with Crippen molar-refractivity contribution in [3.63, 3.8) is 0 Å². The summed E-state index contributed by atoms with van der Waals surface area (Å²) < 4.78 is 0. The van der Waals surface area contributed by atoms with E-state index in [1.54, 1.807) is 17.0 Å². The van der Waals surface area contributed by atoms with Crippen LogP contribution in [0.3, 0.4) is 0 Å². The van der Waals surface area contributed by atoms with E-state index in [4.69, 9.17) is 0 Å². The number of carboxylic acid groups (broad SMARTS) is 1. The van der Waals surface area contributed by atoms with Gasteiger partial charge in [-0.25, -0.2) is 4.79 Å². The highest BCUT2D eigenvalue weighted by molar-refractivity contribution is 5.85. The number of nitrogens with one attached hydrogen (secondary N) is 1. The minimum absolute atomic E-state index is 0.0156. The highest BCUT2D eigenvalue weighted by Gasteiger charge is 2.22. The summed E-state index contributed by atoms with van der Waals surface area (Å²) in [5.41, 5.74) is 2.44.